The molecule has 0 amide bonds. The van der Waals surface area contributed by atoms with Crippen LogP contribution in [0.15, 0.2) is 24.3 Å². The van der Waals surface area contributed by atoms with E-state index < -0.39 is 0 Å². The van der Waals surface area contributed by atoms with Crippen LogP contribution in [0.3, 0.4) is 0 Å². The first kappa shape index (κ1) is 12.1. The second-order valence-electron chi connectivity index (χ2n) is 4.36. The molecule has 1 aliphatic rings. The van der Waals surface area contributed by atoms with Crippen LogP contribution < -0.4 is 5.32 Å². The Morgan fingerprint density at radius 2 is 1.93 bits per heavy atom. The Labute approximate surface area is 95.8 Å². The maximum atomic E-state index is 13.0. The highest BCUT2D eigenvalue weighted by atomic mass is 35.5. The summed E-state index contributed by atoms with van der Waals surface area (Å²) in [6.45, 7) is 6.21. The van der Waals surface area contributed by atoms with Gasteiger partial charge >= 0.3 is 0 Å². The lowest BCUT2D eigenvalue weighted by atomic mass is 9.91. The first-order valence-electron chi connectivity index (χ1n) is 4.75. The first-order valence-corrected chi connectivity index (χ1v) is 4.75. The van der Waals surface area contributed by atoms with E-state index in [4.69, 9.17) is 0 Å². The number of benzene rings is 1. The van der Waals surface area contributed by atoms with Gasteiger partial charge in [-0.05, 0) is 44.5 Å². The van der Waals surface area contributed by atoms with E-state index in [-0.39, 0.29) is 23.8 Å². The zero-order valence-corrected chi connectivity index (χ0v) is 9.91. The SMILES string of the molecule is CC1=CC(C)(C)Nc2ccc(F)cc21.Cl. The van der Waals surface area contributed by atoms with Crippen molar-refractivity contribution in [3.63, 3.8) is 0 Å². The molecule has 0 unspecified atom stereocenters. The number of halogens is 2. The van der Waals surface area contributed by atoms with Crippen LogP contribution in [0, 0.1) is 5.82 Å². The molecule has 2 rings (SSSR count). The third-order valence-electron chi connectivity index (χ3n) is 2.44. The van der Waals surface area contributed by atoms with E-state index in [0.717, 1.165) is 16.8 Å². The summed E-state index contributed by atoms with van der Waals surface area (Å²) in [6.07, 6.45) is 2.12. The number of anilines is 1. The van der Waals surface area contributed by atoms with Crippen molar-refractivity contribution in [2.24, 2.45) is 0 Å². The molecular formula is C12H15ClFN. The molecule has 3 heteroatoms. The van der Waals surface area contributed by atoms with E-state index in [2.05, 4.69) is 25.2 Å². The second kappa shape index (κ2) is 3.86. The van der Waals surface area contributed by atoms with Crippen molar-refractivity contribution in [3.05, 3.63) is 35.7 Å². The van der Waals surface area contributed by atoms with Gasteiger partial charge in [0.15, 0.2) is 0 Å². The molecule has 0 saturated carbocycles. The lowest BCUT2D eigenvalue weighted by molar-refractivity contribution is 0.626. The molecule has 1 heterocycles. The Morgan fingerprint density at radius 1 is 1.27 bits per heavy atom. The minimum absolute atomic E-state index is 0. The number of hydrogen-bond acceptors (Lipinski definition) is 1. The van der Waals surface area contributed by atoms with Crippen LogP contribution in [0.25, 0.3) is 5.57 Å². The zero-order chi connectivity index (χ0) is 10.3. The summed E-state index contributed by atoms with van der Waals surface area (Å²) in [5, 5.41) is 3.35. The third-order valence-corrected chi connectivity index (χ3v) is 2.44. The topological polar surface area (TPSA) is 12.0 Å². The molecule has 0 spiro atoms. The monoisotopic (exact) mass is 227 g/mol. The molecule has 0 radical (unpaired) electrons. The average molecular weight is 228 g/mol. The standard InChI is InChI=1S/C12H14FN.ClH/c1-8-7-12(2,3)14-11-5-4-9(13)6-10(8)11;/h4-7,14H,1-3H3;1H. The van der Waals surface area contributed by atoms with Crippen LogP contribution in [-0.4, -0.2) is 5.54 Å². The van der Waals surface area contributed by atoms with Gasteiger partial charge in [0.1, 0.15) is 5.82 Å². The van der Waals surface area contributed by atoms with Crippen LogP contribution in [0.2, 0.25) is 0 Å². The highest BCUT2D eigenvalue weighted by Gasteiger charge is 2.22. The minimum atomic E-state index is -0.182. The Balaban J connectivity index is 0.00000112. The summed E-state index contributed by atoms with van der Waals surface area (Å²) in [5.74, 6) is -0.182. The Hall–Kier alpha value is -1.02. The molecule has 1 aromatic carbocycles. The quantitative estimate of drug-likeness (QED) is 0.710. The smallest absolute Gasteiger partial charge is 0.123 e. The molecule has 0 aromatic heterocycles. The summed E-state index contributed by atoms with van der Waals surface area (Å²) in [5.41, 5.74) is 3.05. The highest BCUT2D eigenvalue weighted by molar-refractivity contribution is 5.85. The second-order valence-corrected chi connectivity index (χ2v) is 4.36. The van der Waals surface area contributed by atoms with Gasteiger partial charge in [0.25, 0.3) is 0 Å². The summed E-state index contributed by atoms with van der Waals surface area (Å²) < 4.78 is 13.0. The van der Waals surface area contributed by atoms with Crippen molar-refractivity contribution in [1.82, 2.24) is 0 Å². The van der Waals surface area contributed by atoms with E-state index in [0.29, 0.717) is 0 Å². The molecule has 1 aromatic rings. The molecule has 0 fully saturated rings. The van der Waals surface area contributed by atoms with Crippen molar-refractivity contribution < 1.29 is 4.39 Å². The molecule has 1 nitrogen and oxygen atoms in total. The summed E-state index contributed by atoms with van der Waals surface area (Å²) in [7, 11) is 0. The van der Waals surface area contributed by atoms with Crippen LogP contribution in [0.1, 0.15) is 26.3 Å². The van der Waals surface area contributed by atoms with E-state index in [1.54, 1.807) is 12.1 Å². The minimum Gasteiger partial charge on any atom is -0.376 e. The van der Waals surface area contributed by atoms with Crippen LogP contribution in [-0.2, 0) is 0 Å². The fraction of sp³-hybridized carbons (Fsp3) is 0.333. The molecule has 0 aliphatic carbocycles. The van der Waals surface area contributed by atoms with Gasteiger partial charge in [0.2, 0.25) is 0 Å². The fourth-order valence-electron chi connectivity index (χ4n) is 1.95. The number of rotatable bonds is 0. The molecule has 1 N–H and O–H groups in total. The van der Waals surface area contributed by atoms with Gasteiger partial charge in [-0.3, -0.25) is 0 Å². The normalized spacial score (nSPS) is 16.9. The predicted octanol–water partition coefficient (Wildman–Crippen LogP) is 3.85. The molecule has 0 saturated heterocycles. The van der Waals surface area contributed by atoms with Crippen molar-refractivity contribution in [1.29, 1.82) is 0 Å². The maximum Gasteiger partial charge on any atom is 0.123 e. The van der Waals surface area contributed by atoms with Gasteiger partial charge < -0.3 is 5.32 Å². The van der Waals surface area contributed by atoms with Gasteiger partial charge in [-0.1, -0.05) is 6.08 Å². The summed E-state index contributed by atoms with van der Waals surface area (Å²) in [4.78, 5) is 0. The molecule has 0 atom stereocenters. The predicted molar refractivity (Wildman–Crippen MR) is 65.0 cm³/mol. The van der Waals surface area contributed by atoms with Crippen LogP contribution >= 0.6 is 12.4 Å². The van der Waals surface area contributed by atoms with Crippen LogP contribution in [0.4, 0.5) is 10.1 Å². The van der Waals surface area contributed by atoms with Gasteiger partial charge in [-0.2, -0.15) is 0 Å². The molecule has 0 bridgehead atoms. The largest absolute Gasteiger partial charge is 0.376 e. The van der Waals surface area contributed by atoms with E-state index in [1.165, 1.54) is 6.07 Å². The molecular weight excluding hydrogens is 213 g/mol. The number of hydrogen-bond donors (Lipinski definition) is 1. The number of fused-ring (bicyclic) bond motifs is 1. The maximum absolute atomic E-state index is 13.0. The summed E-state index contributed by atoms with van der Waals surface area (Å²) >= 11 is 0. The number of allylic oxidation sites excluding steroid dienone is 1. The van der Waals surface area contributed by atoms with E-state index in [9.17, 15) is 4.39 Å². The van der Waals surface area contributed by atoms with Gasteiger partial charge in [0, 0.05) is 11.3 Å². The highest BCUT2D eigenvalue weighted by Crippen LogP contribution is 2.33. The summed E-state index contributed by atoms with van der Waals surface area (Å²) in [6, 6.07) is 4.85. The Bertz CT molecular complexity index is 410. The Morgan fingerprint density at radius 3 is 2.60 bits per heavy atom. The van der Waals surface area contributed by atoms with E-state index in [1.807, 2.05) is 6.92 Å². The van der Waals surface area contributed by atoms with Crippen molar-refractivity contribution in [2.45, 2.75) is 26.3 Å². The number of nitrogens with one attached hydrogen (secondary N) is 1. The van der Waals surface area contributed by atoms with Crippen molar-refractivity contribution in [3.8, 4) is 0 Å². The molecule has 82 valence electrons. The van der Waals surface area contributed by atoms with Crippen LogP contribution in [0.5, 0.6) is 0 Å². The molecule has 1 aliphatic heterocycles. The zero-order valence-electron chi connectivity index (χ0n) is 9.10. The van der Waals surface area contributed by atoms with E-state index >= 15 is 0 Å². The van der Waals surface area contributed by atoms with Gasteiger partial charge in [0.05, 0.1) is 5.54 Å². The third kappa shape index (κ3) is 2.32. The Kier molecular flexibility index (Phi) is 3.10. The first-order chi connectivity index (χ1) is 6.48. The lowest BCUT2D eigenvalue weighted by Gasteiger charge is -2.31. The lowest BCUT2D eigenvalue weighted by Crippen LogP contribution is -2.31. The molecule has 15 heavy (non-hydrogen) atoms. The van der Waals surface area contributed by atoms with Crippen molar-refractivity contribution >= 4 is 23.7 Å². The van der Waals surface area contributed by atoms with Crippen molar-refractivity contribution in [2.75, 3.05) is 5.32 Å². The van der Waals surface area contributed by atoms with Gasteiger partial charge in [-0.25, -0.2) is 4.39 Å². The average Bonchev–Trinajstić information content (AvgIpc) is 2.05. The van der Waals surface area contributed by atoms with Gasteiger partial charge in [-0.15, -0.1) is 12.4 Å². The fourth-order valence-corrected chi connectivity index (χ4v) is 1.95.